The van der Waals surface area contributed by atoms with Gasteiger partial charge in [0.1, 0.15) is 5.82 Å². The van der Waals surface area contributed by atoms with Crippen LogP contribution in [0.25, 0.3) is 0 Å². The van der Waals surface area contributed by atoms with Gasteiger partial charge in [-0.2, -0.15) is 0 Å². The first-order valence-corrected chi connectivity index (χ1v) is 6.07. The van der Waals surface area contributed by atoms with Gasteiger partial charge in [0.05, 0.1) is 12.7 Å². The summed E-state index contributed by atoms with van der Waals surface area (Å²) in [7, 11) is 0. The molecule has 1 heterocycles. The van der Waals surface area contributed by atoms with E-state index >= 15 is 0 Å². The lowest BCUT2D eigenvalue weighted by atomic mass is 10.1. The van der Waals surface area contributed by atoms with Crippen LogP contribution in [-0.4, -0.2) is 22.6 Å². The summed E-state index contributed by atoms with van der Waals surface area (Å²) in [4.78, 5) is 33.0. The summed E-state index contributed by atoms with van der Waals surface area (Å²) in [6.45, 7) is 0. The fourth-order valence-electron chi connectivity index (χ4n) is 1.76. The van der Waals surface area contributed by atoms with Crippen LogP contribution in [0.15, 0.2) is 41.0 Å². The molecule has 0 unspecified atom stereocenters. The van der Waals surface area contributed by atoms with Gasteiger partial charge in [-0.1, -0.05) is 12.1 Å². The van der Waals surface area contributed by atoms with Crippen LogP contribution in [0.5, 0.6) is 0 Å². The van der Waals surface area contributed by atoms with Crippen LogP contribution in [0.2, 0.25) is 0 Å². The first-order valence-electron chi connectivity index (χ1n) is 6.07. The number of carboxylic acids is 1. The van der Waals surface area contributed by atoms with Crippen molar-refractivity contribution in [1.82, 2.24) is 0 Å². The number of halogens is 1. The second-order valence-electron chi connectivity index (χ2n) is 4.45. The first-order chi connectivity index (χ1) is 9.95. The Bertz CT molecular complexity index is 684. The summed E-state index contributed by atoms with van der Waals surface area (Å²) >= 11 is 0. The molecule has 0 saturated carbocycles. The molecule has 21 heavy (non-hydrogen) atoms. The molecule has 0 amide bonds. The predicted octanol–water partition coefficient (Wildman–Crippen LogP) is 2.24. The normalized spacial score (nSPS) is 10.3. The standard InChI is InChI=1S/C15H11FO5/c16-11-3-1-9(2-4-11)5-10-6-14(21-8-10)12(17)7-13(18)15(19)20/h1-4,6,8H,5,7H2,(H,19,20). The number of carbonyl (C=O) groups is 3. The molecule has 2 rings (SSSR count). The van der Waals surface area contributed by atoms with Crippen molar-refractivity contribution in [3.05, 3.63) is 59.3 Å². The fraction of sp³-hybridized carbons (Fsp3) is 0.133. The van der Waals surface area contributed by atoms with Crippen LogP contribution >= 0.6 is 0 Å². The molecule has 108 valence electrons. The molecular weight excluding hydrogens is 279 g/mol. The summed E-state index contributed by atoms with van der Waals surface area (Å²) in [5.41, 5.74) is 1.51. The SMILES string of the molecule is O=C(O)C(=O)CC(=O)c1cc(Cc2ccc(F)cc2)co1. The molecule has 2 aromatic rings. The van der Waals surface area contributed by atoms with Crippen molar-refractivity contribution in [2.75, 3.05) is 0 Å². The van der Waals surface area contributed by atoms with Crippen LogP contribution in [-0.2, 0) is 16.0 Å². The molecule has 0 saturated heterocycles. The molecule has 0 aliphatic carbocycles. The van der Waals surface area contributed by atoms with Gasteiger partial charge in [-0.05, 0) is 29.3 Å². The molecule has 0 spiro atoms. The zero-order valence-electron chi connectivity index (χ0n) is 10.8. The van der Waals surface area contributed by atoms with Gasteiger partial charge in [0.2, 0.25) is 11.6 Å². The molecule has 0 aliphatic rings. The quantitative estimate of drug-likeness (QED) is 0.501. The summed E-state index contributed by atoms with van der Waals surface area (Å²) < 4.78 is 17.8. The van der Waals surface area contributed by atoms with Crippen molar-refractivity contribution >= 4 is 17.5 Å². The highest BCUT2D eigenvalue weighted by atomic mass is 19.1. The second kappa shape index (κ2) is 6.13. The zero-order chi connectivity index (χ0) is 15.4. The summed E-state index contributed by atoms with van der Waals surface area (Å²) in [5, 5.41) is 8.44. The smallest absolute Gasteiger partial charge is 0.372 e. The summed E-state index contributed by atoms with van der Waals surface area (Å²) in [6, 6.07) is 7.32. The largest absolute Gasteiger partial charge is 0.475 e. The molecule has 1 N–H and O–H groups in total. The summed E-state index contributed by atoms with van der Waals surface area (Å²) in [5.74, 6) is -3.93. The van der Waals surface area contributed by atoms with Crippen molar-refractivity contribution in [2.45, 2.75) is 12.8 Å². The van der Waals surface area contributed by atoms with Gasteiger partial charge in [-0.3, -0.25) is 9.59 Å². The minimum atomic E-state index is -1.65. The number of ketones is 2. The maximum atomic E-state index is 12.8. The Morgan fingerprint density at radius 3 is 2.38 bits per heavy atom. The number of carbonyl (C=O) groups excluding carboxylic acids is 2. The molecule has 0 bridgehead atoms. The van der Waals surface area contributed by atoms with E-state index in [9.17, 15) is 18.8 Å². The number of rotatable bonds is 6. The molecule has 0 radical (unpaired) electrons. The number of hydrogen-bond donors (Lipinski definition) is 1. The Balaban J connectivity index is 2.04. The zero-order valence-corrected chi connectivity index (χ0v) is 10.8. The minimum absolute atomic E-state index is 0.0679. The number of benzene rings is 1. The third-order valence-corrected chi connectivity index (χ3v) is 2.81. The molecule has 0 aliphatic heterocycles. The maximum absolute atomic E-state index is 12.8. The van der Waals surface area contributed by atoms with E-state index in [-0.39, 0.29) is 11.6 Å². The molecule has 5 nitrogen and oxygen atoms in total. The van der Waals surface area contributed by atoms with Gasteiger partial charge in [0.25, 0.3) is 0 Å². The average molecular weight is 290 g/mol. The van der Waals surface area contributed by atoms with Crippen LogP contribution in [0.1, 0.15) is 28.1 Å². The Kier molecular flexibility index (Phi) is 4.27. The molecular formula is C15H11FO5. The van der Waals surface area contributed by atoms with Crippen molar-refractivity contribution in [3.63, 3.8) is 0 Å². The Labute approximate surface area is 119 Å². The lowest BCUT2D eigenvalue weighted by Crippen LogP contribution is -2.16. The number of furan rings is 1. The maximum Gasteiger partial charge on any atom is 0.372 e. The van der Waals surface area contributed by atoms with E-state index in [0.717, 1.165) is 5.56 Å². The van der Waals surface area contributed by atoms with Crippen LogP contribution in [0.4, 0.5) is 4.39 Å². The molecule has 0 fully saturated rings. The third-order valence-electron chi connectivity index (χ3n) is 2.81. The van der Waals surface area contributed by atoms with Crippen LogP contribution in [0, 0.1) is 5.82 Å². The molecule has 1 aromatic heterocycles. The topological polar surface area (TPSA) is 84.6 Å². The highest BCUT2D eigenvalue weighted by Gasteiger charge is 2.20. The lowest BCUT2D eigenvalue weighted by Gasteiger charge is -1.97. The first kappa shape index (κ1) is 14.6. The number of hydrogen-bond acceptors (Lipinski definition) is 4. The molecule has 1 aromatic carbocycles. The van der Waals surface area contributed by atoms with E-state index in [0.29, 0.717) is 12.0 Å². The Hall–Kier alpha value is -2.76. The van der Waals surface area contributed by atoms with Crippen molar-refractivity contribution < 1.29 is 28.3 Å². The molecule has 6 heteroatoms. The second-order valence-corrected chi connectivity index (χ2v) is 4.45. The number of Topliss-reactive ketones (excluding diaryl/α,β-unsaturated/α-hetero) is 2. The van der Waals surface area contributed by atoms with E-state index < -0.39 is 24.0 Å². The van der Waals surface area contributed by atoms with Crippen LogP contribution in [0.3, 0.4) is 0 Å². The van der Waals surface area contributed by atoms with E-state index in [1.165, 1.54) is 24.5 Å². The fourth-order valence-corrected chi connectivity index (χ4v) is 1.76. The van der Waals surface area contributed by atoms with Crippen molar-refractivity contribution in [1.29, 1.82) is 0 Å². The van der Waals surface area contributed by atoms with Gasteiger partial charge >= 0.3 is 5.97 Å². The van der Waals surface area contributed by atoms with Gasteiger partial charge in [0, 0.05) is 6.42 Å². The highest BCUT2D eigenvalue weighted by molar-refractivity contribution is 6.37. The van der Waals surface area contributed by atoms with Crippen molar-refractivity contribution in [2.24, 2.45) is 0 Å². The number of aliphatic carboxylic acids is 1. The number of carboxylic acid groups (broad SMARTS) is 1. The van der Waals surface area contributed by atoms with E-state index in [1.54, 1.807) is 12.1 Å². The van der Waals surface area contributed by atoms with Gasteiger partial charge in [-0.25, -0.2) is 9.18 Å². The van der Waals surface area contributed by atoms with E-state index in [4.69, 9.17) is 9.52 Å². The minimum Gasteiger partial charge on any atom is -0.475 e. The lowest BCUT2D eigenvalue weighted by molar-refractivity contribution is -0.148. The monoisotopic (exact) mass is 290 g/mol. The molecule has 0 atom stereocenters. The van der Waals surface area contributed by atoms with E-state index in [1.807, 2.05) is 0 Å². The Morgan fingerprint density at radius 2 is 1.76 bits per heavy atom. The Morgan fingerprint density at radius 1 is 1.10 bits per heavy atom. The average Bonchev–Trinajstić information content (AvgIpc) is 2.90. The van der Waals surface area contributed by atoms with Crippen LogP contribution < -0.4 is 0 Å². The van der Waals surface area contributed by atoms with Crippen molar-refractivity contribution in [3.8, 4) is 0 Å². The predicted molar refractivity (Wildman–Crippen MR) is 69.5 cm³/mol. The van der Waals surface area contributed by atoms with E-state index in [2.05, 4.69) is 0 Å². The third kappa shape index (κ3) is 3.85. The van der Waals surface area contributed by atoms with Gasteiger partial charge in [0.15, 0.2) is 5.76 Å². The van der Waals surface area contributed by atoms with Gasteiger partial charge < -0.3 is 9.52 Å². The highest BCUT2D eigenvalue weighted by Crippen LogP contribution is 2.15. The van der Waals surface area contributed by atoms with Gasteiger partial charge in [-0.15, -0.1) is 0 Å². The summed E-state index contributed by atoms with van der Waals surface area (Å²) in [6.07, 6.45) is 1.05.